The third kappa shape index (κ3) is 3.38. The van der Waals surface area contributed by atoms with E-state index < -0.39 is 0 Å². The van der Waals surface area contributed by atoms with Crippen LogP contribution in [-0.4, -0.2) is 23.6 Å². The minimum absolute atomic E-state index is 0.109. The van der Waals surface area contributed by atoms with E-state index in [0.29, 0.717) is 17.2 Å². The molecule has 0 bridgehead atoms. The average Bonchev–Trinajstić information content (AvgIpc) is 3.01. The van der Waals surface area contributed by atoms with Crippen LogP contribution in [0.15, 0.2) is 42.5 Å². The van der Waals surface area contributed by atoms with Gasteiger partial charge in [0.05, 0.1) is 5.56 Å². The zero-order valence-electron chi connectivity index (χ0n) is 12.9. The van der Waals surface area contributed by atoms with Gasteiger partial charge in [-0.15, -0.1) is 0 Å². The highest BCUT2D eigenvalue weighted by Gasteiger charge is 2.13. The quantitative estimate of drug-likeness (QED) is 0.513. The first kappa shape index (κ1) is 15.6. The molecule has 24 heavy (non-hydrogen) atoms. The van der Waals surface area contributed by atoms with Crippen molar-refractivity contribution in [2.45, 2.75) is 6.92 Å². The van der Waals surface area contributed by atoms with Gasteiger partial charge in [-0.25, -0.2) is 0 Å². The number of aromatic hydroxyl groups is 1. The molecule has 0 spiro atoms. The molecule has 6 nitrogen and oxygen atoms in total. The first-order valence-corrected chi connectivity index (χ1v) is 7.25. The van der Waals surface area contributed by atoms with E-state index in [1.807, 2.05) is 0 Å². The van der Waals surface area contributed by atoms with Crippen molar-refractivity contribution in [1.82, 2.24) is 0 Å². The smallest absolute Gasteiger partial charge is 0.231 e. The maximum atomic E-state index is 12.3. The number of anilines is 1. The third-order valence-corrected chi connectivity index (χ3v) is 3.41. The third-order valence-electron chi connectivity index (χ3n) is 3.41. The van der Waals surface area contributed by atoms with Crippen molar-refractivity contribution in [2.24, 2.45) is 0 Å². The first-order chi connectivity index (χ1) is 11.5. The van der Waals surface area contributed by atoms with Gasteiger partial charge >= 0.3 is 0 Å². The van der Waals surface area contributed by atoms with Crippen molar-refractivity contribution < 1.29 is 24.2 Å². The van der Waals surface area contributed by atoms with E-state index >= 15 is 0 Å². The van der Waals surface area contributed by atoms with Crippen molar-refractivity contribution in [3.05, 3.63) is 53.6 Å². The molecule has 1 heterocycles. The second-order valence-corrected chi connectivity index (χ2v) is 5.22. The van der Waals surface area contributed by atoms with E-state index in [0.717, 1.165) is 5.56 Å². The second kappa shape index (κ2) is 6.45. The van der Waals surface area contributed by atoms with Crippen LogP contribution in [0.1, 0.15) is 22.8 Å². The number of benzene rings is 2. The number of nitrogens with one attached hydrogen (secondary N) is 1. The number of carbonyl (C=O) groups is 2. The van der Waals surface area contributed by atoms with Crippen LogP contribution in [0.3, 0.4) is 0 Å². The van der Waals surface area contributed by atoms with Gasteiger partial charge in [0.25, 0.3) is 0 Å². The van der Waals surface area contributed by atoms with Gasteiger partial charge in [0.1, 0.15) is 5.75 Å². The number of fused-ring (bicyclic) bond motifs is 1. The molecule has 122 valence electrons. The van der Waals surface area contributed by atoms with Crippen molar-refractivity contribution in [2.75, 3.05) is 12.1 Å². The molecule has 1 aliphatic rings. The summed E-state index contributed by atoms with van der Waals surface area (Å²) in [5, 5.41) is 12.4. The first-order valence-electron chi connectivity index (χ1n) is 7.25. The van der Waals surface area contributed by atoms with Crippen LogP contribution in [0.5, 0.6) is 17.2 Å². The lowest BCUT2D eigenvalue weighted by Crippen LogP contribution is -2.06. The van der Waals surface area contributed by atoms with E-state index in [1.54, 1.807) is 24.3 Å². The van der Waals surface area contributed by atoms with Crippen molar-refractivity contribution in [1.29, 1.82) is 0 Å². The molecule has 2 aromatic carbocycles. The molecule has 0 aromatic heterocycles. The van der Waals surface area contributed by atoms with E-state index in [2.05, 4.69) is 5.32 Å². The summed E-state index contributed by atoms with van der Waals surface area (Å²) in [5.74, 6) is 0.510. The van der Waals surface area contributed by atoms with Gasteiger partial charge in [-0.3, -0.25) is 9.59 Å². The fourth-order valence-electron chi connectivity index (χ4n) is 2.29. The molecule has 0 saturated heterocycles. The second-order valence-electron chi connectivity index (χ2n) is 5.22. The summed E-state index contributed by atoms with van der Waals surface area (Å²) in [6.07, 6.45) is 2.97. The van der Waals surface area contributed by atoms with E-state index in [9.17, 15) is 14.7 Å². The molecule has 2 aromatic rings. The Kier molecular flexibility index (Phi) is 4.20. The summed E-state index contributed by atoms with van der Waals surface area (Å²) < 4.78 is 10.5. The predicted molar refractivity (Wildman–Crippen MR) is 88.3 cm³/mol. The Balaban J connectivity index is 1.80. The Bertz CT molecular complexity index is 841. The summed E-state index contributed by atoms with van der Waals surface area (Å²) in [4.78, 5) is 23.4. The molecule has 1 aliphatic heterocycles. The Hall–Kier alpha value is -3.28. The molecule has 0 radical (unpaired) electrons. The molecular formula is C18H15NO5. The van der Waals surface area contributed by atoms with Crippen molar-refractivity contribution >= 4 is 23.5 Å². The number of phenolic OH excluding ortho intramolecular Hbond substituents is 1. The van der Waals surface area contributed by atoms with Crippen LogP contribution in [0.4, 0.5) is 5.69 Å². The molecule has 0 unspecified atom stereocenters. The summed E-state index contributed by atoms with van der Waals surface area (Å²) in [6.45, 7) is 1.55. The number of ketones is 1. The van der Waals surface area contributed by atoms with Gasteiger partial charge < -0.3 is 19.9 Å². The maximum absolute atomic E-state index is 12.3. The largest absolute Gasteiger partial charge is 0.507 e. The normalized spacial score (nSPS) is 12.4. The minimum atomic E-state index is -0.377. The predicted octanol–water partition coefficient (Wildman–Crippen LogP) is 2.98. The summed E-state index contributed by atoms with van der Waals surface area (Å²) in [5.41, 5.74) is 1.32. The number of phenols is 1. The minimum Gasteiger partial charge on any atom is -0.507 e. The number of hydrogen-bond donors (Lipinski definition) is 2. The highest BCUT2D eigenvalue weighted by Crippen LogP contribution is 2.33. The Morgan fingerprint density at radius 2 is 1.92 bits per heavy atom. The summed E-state index contributed by atoms with van der Waals surface area (Å²) in [6, 6.07) is 9.65. The SMILES string of the molecule is CC(=O)Nc1ccc(O)c(C(=O)/C=C/c2ccc3c(c2)OCO3)c1. The average molecular weight is 325 g/mol. The Labute approximate surface area is 138 Å². The maximum Gasteiger partial charge on any atom is 0.231 e. The number of hydrogen-bond acceptors (Lipinski definition) is 5. The van der Waals surface area contributed by atoms with Crippen LogP contribution in [0, 0.1) is 0 Å². The molecule has 0 saturated carbocycles. The molecule has 0 atom stereocenters. The van der Waals surface area contributed by atoms with Gasteiger partial charge in [0, 0.05) is 12.6 Å². The summed E-state index contributed by atoms with van der Waals surface area (Å²) in [7, 11) is 0. The van der Waals surface area contributed by atoms with Gasteiger partial charge in [-0.2, -0.15) is 0 Å². The zero-order chi connectivity index (χ0) is 17.1. The van der Waals surface area contributed by atoms with Crippen LogP contribution >= 0.6 is 0 Å². The lowest BCUT2D eigenvalue weighted by molar-refractivity contribution is -0.114. The van der Waals surface area contributed by atoms with Crippen LogP contribution in [0.2, 0.25) is 0 Å². The molecular weight excluding hydrogens is 310 g/mol. The fourth-order valence-corrected chi connectivity index (χ4v) is 2.29. The lowest BCUT2D eigenvalue weighted by atomic mass is 10.1. The number of allylic oxidation sites excluding steroid dienone is 1. The van der Waals surface area contributed by atoms with Crippen molar-refractivity contribution in [3.63, 3.8) is 0 Å². The highest BCUT2D eigenvalue weighted by atomic mass is 16.7. The molecule has 2 N–H and O–H groups in total. The topological polar surface area (TPSA) is 84.9 Å². The summed E-state index contributed by atoms with van der Waals surface area (Å²) >= 11 is 0. The van der Waals surface area contributed by atoms with Gasteiger partial charge in [-0.1, -0.05) is 12.1 Å². The monoisotopic (exact) mass is 325 g/mol. The van der Waals surface area contributed by atoms with Gasteiger partial charge in [-0.05, 0) is 42.0 Å². The standard InChI is InChI=1S/C18H15NO5/c1-11(20)19-13-4-6-16(22)14(9-13)15(21)5-2-12-3-7-17-18(8-12)24-10-23-17/h2-9,22H,10H2,1H3,(H,19,20)/b5-2+. The zero-order valence-corrected chi connectivity index (χ0v) is 12.9. The van der Waals surface area contributed by atoms with Crippen LogP contribution in [-0.2, 0) is 4.79 Å². The van der Waals surface area contributed by atoms with Crippen LogP contribution in [0.25, 0.3) is 6.08 Å². The molecule has 1 amide bonds. The van der Waals surface area contributed by atoms with E-state index in [4.69, 9.17) is 9.47 Å². The van der Waals surface area contributed by atoms with E-state index in [-0.39, 0.29) is 29.8 Å². The van der Waals surface area contributed by atoms with Crippen molar-refractivity contribution in [3.8, 4) is 17.2 Å². The van der Waals surface area contributed by atoms with Gasteiger partial charge in [0.2, 0.25) is 12.7 Å². The number of carbonyl (C=O) groups excluding carboxylic acids is 2. The number of ether oxygens (including phenoxy) is 2. The van der Waals surface area contributed by atoms with E-state index in [1.165, 1.54) is 31.2 Å². The van der Waals surface area contributed by atoms with Gasteiger partial charge in [0.15, 0.2) is 17.3 Å². The highest BCUT2D eigenvalue weighted by molar-refractivity contribution is 6.09. The van der Waals surface area contributed by atoms with Crippen LogP contribution < -0.4 is 14.8 Å². The Morgan fingerprint density at radius 3 is 2.71 bits per heavy atom. The molecule has 6 heteroatoms. The molecule has 3 rings (SSSR count). The number of amides is 1. The molecule has 0 fully saturated rings. The Morgan fingerprint density at radius 1 is 1.12 bits per heavy atom. The fraction of sp³-hybridized carbons (Fsp3) is 0.111. The molecule has 0 aliphatic carbocycles. The lowest BCUT2D eigenvalue weighted by Gasteiger charge is -2.06. The number of rotatable bonds is 4.